The molecule has 0 spiro atoms. The van der Waals surface area contributed by atoms with Gasteiger partial charge >= 0.3 is 5.97 Å². The van der Waals surface area contributed by atoms with Crippen LogP contribution in [0.15, 0.2) is 42.7 Å². The molecule has 1 aliphatic heterocycles. The first kappa shape index (κ1) is 17.7. The number of halogens is 1. The fraction of sp³-hybridized carbons (Fsp3) is 0.471. The zero-order valence-electron chi connectivity index (χ0n) is 12.7. The van der Waals surface area contributed by atoms with Gasteiger partial charge in [0.1, 0.15) is 5.76 Å². The molecule has 0 N–H and O–H groups in total. The summed E-state index contributed by atoms with van der Waals surface area (Å²) in [6.45, 7) is 10.0. The quantitative estimate of drug-likeness (QED) is 0.624. The van der Waals surface area contributed by atoms with Gasteiger partial charge in [-0.1, -0.05) is 31.7 Å². The van der Waals surface area contributed by atoms with Crippen LogP contribution in [0, 0.1) is 5.92 Å². The summed E-state index contributed by atoms with van der Waals surface area (Å²) in [5.41, 5.74) is 0.564. The van der Waals surface area contributed by atoms with Crippen LogP contribution >= 0.6 is 12.4 Å². The minimum atomic E-state index is -0.326. The highest BCUT2D eigenvalue weighted by Gasteiger charge is 2.24. The van der Waals surface area contributed by atoms with Crippen molar-refractivity contribution in [2.75, 3.05) is 13.1 Å². The Bertz CT molecular complexity index is 475. The highest BCUT2D eigenvalue weighted by Crippen LogP contribution is 2.22. The van der Waals surface area contributed by atoms with E-state index in [0.29, 0.717) is 29.8 Å². The molecule has 0 amide bonds. The SMILES string of the molecule is C=C(CN1CC(C)CCC1C)OC(=O)c1ccccc1.Cl. The van der Waals surface area contributed by atoms with Gasteiger partial charge in [-0.2, -0.15) is 0 Å². The van der Waals surface area contributed by atoms with Crippen molar-refractivity contribution < 1.29 is 9.53 Å². The molecule has 0 bridgehead atoms. The first-order chi connectivity index (χ1) is 9.56. The highest BCUT2D eigenvalue weighted by molar-refractivity contribution is 5.89. The van der Waals surface area contributed by atoms with Crippen molar-refractivity contribution in [2.45, 2.75) is 32.7 Å². The Balaban J connectivity index is 0.00000220. The lowest BCUT2D eigenvalue weighted by Gasteiger charge is -2.36. The molecule has 116 valence electrons. The fourth-order valence-electron chi connectivity index (χ4n) is 2.62. The second-order valence-electron chi connectivity index (χ2n) is 5.76. The maximum absolute atomic E-state index is 11.9. The van der Waals surface area contributed by atoms with E-state index < -0.39 is 0 Å². The largest absolute Gasteiger partial charge is 0.427 e. The number of benzene rings is 1. The predicted octanol–water partition coefficient (Wildman–Crippen LogP) is 3.90. The van der Waals surface area contributed by atoms with Crippen LogP contribution in [-0.4, -0.2) is 30.0 Å². The van der Waals surface area contributed by atoms with Crippen LogP contribution in [0.3, 0.4) is 0 Å². The number of carbonyl (C=O) groups is 1. The van der Waals surface area contributed by atoms with Crippen molar-refractivity contribution in [2.24, 2.45) is 5.92 Å². The second kappa shape index (κ2) is 8.20. The molecule has 21 heavy (non-hydrogen) atoms. The normalized spacial score (nSPS) is 22.2. The molecule has 1 aromatic rings. The molecule has 1 aromatic carbocycles. The molecular weight excluding hydrogens is 286 g/mol. The molecule has 1 fully saturated rings. The molecule has 1 aliphatic rings. The lowest BCUT2D eigenvalue weighted by molar-refractivity contribution is 0.0557. The average Bonchev–Trinajstić information content (AvgIpc) is 2.43. The molecule has 2 unspecified atom stereocenters. The van der Waals surface area contributed by atoms with Gasteiger partial charge in [0.15, 0.2) is 0 Å². The topological polar surface area (TPSA) is 29.5 Å². The van der Waals surface area contributed by atoms with Gasteiger partial charge < -0.3 is 4.74 Å². The van der Waals surface area contributed by atoms with Crippen LogP contribution in [0.25, 0.3) is 0 Å². The summed E-state index contributed by atoms with van der Waals surface area (Å²) in [5.74, 6) is 0.900. The summed E-state index contributed by atoms with van der Waals surface area (Å²) >= 11 is 0. The second-order valence-corrected chi connectivity index (χ2v) is 5.76. The van der Waals surface area contributed by atoms with Gasteiger partial charge in [0, 0.05) is 12.6 Å². The van der Waals surface area contributed by atoms with E-state index in [1.165, 1.54) is 12.8 Å². The third-order valence-electron chi connectivity index (χ3n) is 3.87. The van der Waals surface area contributed by atoms with Gasteiger partial charge in [-0.15, -0.1) is 12.4 Å². The minimum Gasteiger partial charge on any atom is -0.427 e. The Kier molecular flexibility index (Phi) is 6.93. The Labute approximate surface area is 133 Å². The summed E-state index contributed by atoms with van der Waals surface area (Å²) in [4.78, 5) is 14.3. The minimum absolute atomic E-state index is 0. The number of likely N-dealkylation sites (tertiary alicyclic amines) is 1. The van der Waals surface area contributed by atoms with Gasteiger partial charge in [-0.25, -0.2) is 4.79 Å². The number of ether oxygens (including phenoxy) is 1. The van der Waals surface area contributed by atoms with E-state index in [1.807, 2.05) is 18.2 Å². The standard InChI is InChI=1S/C17H23NO2.ClH/c1-13-9-10-14(2)18(11-13)12-15(3)20-17(19)16-7-5-4-6-8-16;/h4-8,13-14H,3,9-12H2,1-2H3;1H. The summed E-state index contributed by atoms with van der Waals surface area (Å²) in [6.07, 6.45) is 2.47. The predicted molar refractivity (Wildman–Crippen MR) is 87.7 cm³/mol. The van der Waals surface area contributed by atoms with Crippen LogP contribution in [0.4, 0.5) is 0 Å². The Morgan fingerprint density at radius 1 is 1.29 bits per heavy atom. The van der Waals surface area contributed by atoms with Crippen molar-refractivity contribution in [3.8, 4) is 0 Å². The van der Waals surface area contributed by atoms with Crippen LogP contribution in [0.2, 0.25) is 0 Å². The molecule has 2 atom stereocenters. The van der Waals surface area contributed by atoms with Crippen molar-refractivity contribution in [1.82, 2.24) is 4.90 Å². The average molecular weight is 310 g/mol. The van der Waals surface area contributed by atoms with E-state index in [1.54, 1.807) is 12.1 Å². The van der Waals surface area contributed by atoms with Crippen molar-refractivity contribution in [3.63, 3.8) is 0 Å². The lowest BCUT2D eigenvalue weighted by atomic mass is 9.95. The summed E-state index contributed by atoms with van der Waals surface area (Å²) in [7, 11) is 0. The smallest absolute Gasteiger partial charge is 0.343 e. The Morgan fingerprint density at radius 2 is 1.95 bits per heavy atom. The molecule has 0 aliphatic carbocycles. The fourth-order valence-corrected chi connectivity index (χ4v) is 2.62. The molecule has 0 saturated carbocycles. The van der Waals surface area contributed by atoms with Crippen LogP contribution in [-0.2, 0) is 4.74 Å². The number of esters is 1. The first-order valence-electron chi connectivity index (χ1n) is 7.25. The lowest BCUT2D eigenvalue weighted by Crippen LogP contribution is -2.42. The zero-order chi connectivity index (χ0) is 14.5. The Hall–Kier alpha value is -1.32. The third kappa shape index (κ3) is 5.18. The van der Waals surface area contributed by atoms with E-state index in [4.69, 9.17) is 4.74 Å². The molecule has 1 heterocycles. The number of carbonyl (C=O) groups excluding carboxylic acids is 1. The summed E-state index contributed by atoms with van der Waals surface area (Å²) < 4.78 is 5.35. The molecule has 1 saturated heterocycles. The van der Waals surface area contributed by atoms with Crippen molar-refractivity contribution in [1.29, 1.82) is 0 Å². The van der Waals surface area contributed by atoms with Gasteiger partial charge in [-0.3, -0.25) is 4.90 Å². The van der Waals surface area contributed by atoms with Gasteiger partial charge in [0.05, 0.1) is 12.1 Å². The Morgan fingerprint density at radius 3 is 2.62 bits per heavy atom. The van der Waals surface area contributed by atoms with E-state index in [-0.39, 0.29) is 18.4 Å². The molecule has 4 heteroatoms. The maximum Gasteiger partial charge on any atom is 0.343 e. The van der Waals surface area contributed by atoms with Gasteiger partial charge in [0.25, 0.3) is 0 Å². The third-order valence-corrected chi connectivity index (χ3v) is 3.87. The van der Waals surface area contributed by atoms with Crippen LogP contribution in [0.1, 0.15) is 37.0 Å². The highest BCUT2D eigenvalue weighted by atomic mass is 35.5. The summed E-state index contributed by atoms with van der Waals surface area (Å²) in [5, 5.41) is 0. The molecule has 3 nitrogen and oxygen atoms in total. The van der Waals surface area contributed by atoms with E-state index in [9.17, 15) is 4.79 Å². The van der Waals surface area contributed by atoms with E-state index in [0.717, 1.165) is 6.54 Å². The van der Waals surface area contributed by atoms with Crippen LogP contribution < -0.4 is 0 Å². The number of piperidine rings is 1. The van der Waals surface area contributed by atoms with E-state index in [2.05, 4.69) is 25.3 Å². The van der Waals surface area contributed by atoms with Gasteiger partial charge in [0.2, 0.25) is 0 Å². The number of rotatable bonds is 4. The molecule has 2 rings (SSSR count). The monoisotopic (exact) mass is 309 g/mol. The number of hydrogen-bond acceptors (Lipinski definition) is 3. The number of nitrogens with zero attached hydrogens (tertiary/aromatic N) is 1. The zero-order valence-corrected chi connectivity index (χ0v) is 13.6. The van der Waals surface area contributed by atoms with Crippen molar-refractivity contribution in [3.05, 3.63) is 48.2 Å². The van der Waals surface area contributed by atoms with Crippen LogP contribution in [0.5, 0.6) is 0 Å². The van der Waals surface area contributed by atoms with Gasteiger partial charge in [-0.05, 0) is 37.8 Å². The first-order valence-corrected chi connectivity index (χ1v) is 7.25. The van der Waals surface area contributed by atoms with E-state index >= 15 is 0 Å². The molecular formula is C17H24ClNO2. The number of hydrogen-bond donors (Lipinski definition) is 0. The summed E-state index contributed by atoms with van der Waals surface area (Å²) in [6, 6.07) is 9.56. The molecule has 0 radical (unpaired) electrons. The maximum atomic E-state index is 11.9. The molecule has 0 aromatic heterocycles. The van der Waals surface area contributed by atoms with Crippen molar-refractivity contribution >= 4 is 18.4 Å².